The maximum atomic E-state index is 12.7. The van der Waals surface area contributed by atoms with Crippen LogP contribution in [0, 0.1) is 0 Å². The normalized spacial score (nSPS) is 19.6. The molecule has 1 heterocycles. The summed E-state index contributed by atoms with van der Waals surface area (Å²) in [6.07, 6.45) is 3.13. The van der Waals surface area contributed by atoms with E-state index in [1.807, 2.05) is 18.2 Å². The SMILES string of the molecule is CCOC(=O)C1(CCCCc2ccccc2)N=C(OC)CN=C1OC. The molecule has 136 valence electrons. The van der Waals surface area contributed by atoms with Crippen molar-refractivity contribution in [3.05, 3.63) is 35.9 Å². The van der Waals surface area contributed by atoms with Crippen LogP contribution < -0.4 is 0 Å². The Labute approximate surface area is 148 Å². The van der Waals surface area contributed by atoms with Gasteiger partial charge < -0.3 is 14.2 Å². The van der Waals surface area contributed by atoms with Gasteiger partial charge in [-0.1, -0.05) is 30.3 Å². The quantitative estimate of drug-likeness (QED) is 0.562. The molecule has 1 aromatic rings. The Morgan fingerprint density at radius 3 is 2.56 bits per heavy atom. The predicted octanol–water partition coefficient (Wildman–Crippen LogP) is 2.80. The highest BCUT2D eigenvalue weighted by atomic mass is 16.5. The van der Waals surface area contributed by atoms with Gasteiger partial charge in [0.1, 0.15) is 6.54 Å². The Balaban J connectivity index is 2.11. The standard InChI is InChI=1S/C19H26N2O4/c1-4-25-18(22)19(17(24-3)20-14-16(21-19)23-2)13-9-8-12-15-10-6-5-7-11-15/h5-7,10-11H,4,8-9,12-14H2,1-3H3. The summed E-state index contributed by atoms with van der Waals surface area (Å²) in [6.45, 7) is 2.32. The van der Waals surface area contributed by atoms with Crippen molar-refractivity contribution in [2.75, 3.05) is 27.4 Å². The molecule has 6 nitrogen and oxygen atoms in total. The maximum absolute atomic E-state index is 12.7. The van der Waals surface area contributed by atoms with Gasteiger partial charge in [-0.25, -0.2) is 14.8 Å². The Kier molecular flexibility index (Phi) is 6.98. The van der Waals surface area contributed by atoms with Gasteiger partial charge in [0.05, 0.1) is 20.8 Å². The van der Waals surface area contributed by atoms with Crippen LogP contribution in [0.2, 0.25) is 0 Å². The van der Waals surface area contributed by atoms with Gasteiger partial charge in [0, 0.05) is 0 Å². The number of rotatable bonds is 7. The van der Waals surface area contributed by atoms with Crippen LogP contribution in [0.15, 0.2) is 40.3 Å². The van der Waals surface area contributed by atoms with Gasteiger partial charge in [0.2, 0.25) is 17.3 Å². The van der Waals surface area contributed by atoms with E-state index in [2.05, 4.69) is 22.1 Å². The van der Waals surface area contributed by atoms with Crippen molar-refractivity contribution in [1.29, 1.82) is 0 Å². The van der Waals surface area contributed by atoms with Crippen molar-refractivity contribution >= 4 is 17.8 Å². The summed E-state index contributed by atoms with van der Waals surface area (Å²) in [4.78, 5) is 21.5. The van der Waals surface area contributed by atoms with E-state index in [-0.39, 0.29) is 13.2 Å². The van der Waals surface area contributed by atoms with Crippen molar-refractivity contribution in [2.45, 2.75) is 38.1 Å². The Hall–Kier alpha value is -2.37. The number of methoxy groups -OCH3 is 2. The molecule has 0 amide bonds. The second kappa shape index (κ2) is 9.20. The van der Waals surface area contributed by atoms with Gasteiger partial charge in [-0.2, -0.15) is 0 Å². The molecule has 1 atom stereocenters. The lowest BCUT2D eigenvalue weighted by Gasteiger charge is -2.30. The number of hydrogen-bond acceptors (Lipinski definition) is 6. The molecule has 25 heavy (non-hydrogen) atoms. The molecule has 1 aliphatic heterocycles. The lowest BCUT2D eigenvalue weighted by molar-refractivity contribution is -0.147. The van der Waals surface area contributed by atoms with E-state index in [0.717, 1.165) is 19.3 Å². The second-order valence-electron chi connectivity index (χ2n) is 5.81. The monoisotopic (exact) mass is 346 g/mol. The fraction of sp³-hybridized carbons (Fsp3) is 0.526. The highest BCUT2D eigenvalue weighted by Gasteiger charge is 2.48. The summed E-state index contributed by atoms with van der Waals surface area (Å²) in [7, 11) is 3.03. The van der Waals surface area contributed by atoms with E-state index in [1.54, 1.807) is 6.92 Å². The van der Waals surface area contributed by atoms with Crippen LogP contribution in [0.3, 0.4) is 0 Å². The van der Waals surface area contributed by atoms with Crippen molar-refractivity contribution in [2.24, 2.45) is 9.98 Å². The number of carbonyl (C=O) groups is 1. The maximum Gasteiger partial charge on any atom is 0.343 e. The van der Waals surface area contributed by atoms with Gasteiger partial charge >= 0.3 is 5.97 Å². The van der Waals surface area contributed by atoms with Crippen LogP contribution in [0.1, 0.15) is 31.7 Å². The summed E-state index contributed by atoms with van der Waals surface area (Å²) in [5.41, 5.74) is 0.0310. The van der Waals surface area contributed by atoms with Gasteiger partial charge in [-0.05, 0) is 38.2 Å². The number of aryl methyl sites for hydroxylation is 1. The Bertz CT molecular complexity index is 628. The summed E-state index contributed by atoms with van der Waals surface area (Å²) in [6, 6.07) is 10.3. The smallest absolute Gasteiger partial charge is 0.343 e. The van der Waals surface area contributed by atoms with Gasteiger partial charge in [-0.3, -0.25) is 0 Å². The van der Waals surface area contributed by atoms with E-state index < -0.39 is 11.5 Å². The minimum atomic E-state index is -1.24. The number of unbranched alkanes of at least 4 members (excludes halogenated alkanes) is 1. The van der Waals surface area contributed by atoms with Crippen LogP contribution in [0.4, 0.5) is 0 Å². The van der Waals surface area contributed by atoms with Crippen molar-refractivity contribution in [3.63, 3.8) is 0 Å². The van der Waals surface area contributed by atoms with E-state index in [0.29, 0.717) is 18.2 Å². The largest absolute Gasteiger partial charge is 0.483 e. The van der Waals surface area contributed by atoms with E-state index >= 15 is 0 Å². The third kappa shape index (κ3) is 4.59. The number of hydrogen-bond donors (Lipinski definition) is 0. The number of aliphatic imine (C=N–C) groups is 2. The first-order chi connectivity index (χ1) is 12.2. The van der Waals surface area contributed by atoms with Crippen LogP contribution in [0.5, 0.6) is 0 Å². The molecule has 0 aliphatic carbocycles. The fourth-order valence-corrected chi connectivity index (χ4v) is 2.91. The molecule has 0 bridgehead atoms. The molecule has 2 rings (SSSR count). The topological polar surface area (TPSA) is 69.5 Å². The first kappa shape index (κ1) is 19.0. The van der Waals surface area contributed by atoms with E-state index in [9.17, 15) is 4.79 Å². The van der Waals surface area contributed by atoms with Gasteiger partial charge in [0.15, 0.2) is 0 Å². The summed E-state index contributed by atoms with van der Waals surface area (Å²) in [5.74, 6) is 0.271. The third-order valence-electron chi connectivity index (χ3n) is 4.17. The number of benzene rings is 1. The zero-order valence-electron chi connectivity index (χ0n) is 15.2. The van der Waals surface area contributed by atoms with Gasteiger partial charge in [-0.15, -0.1) is 0 Å². The van der Waals surface area contributed by atoms with E-state index in [4.69, 9.17) is 14.2 Å². The van der Waals surface area contributed by atoms with E-state index in [1.165, 1.54) is 19.8 Å². The average Bonchev–Trinajstić information content (AvgIpc) is 2.66. The minimum Gasteiger partial charge on any atom is -0.483 e. The first-order valence-electron chi connectivity index (χ1n) is 8.59. The minimum absolute atomic E-state index is 0.269. The molecule has 6 heteroatoms. The van der Waals surface area contributed by atoms with Crippen molar-refractivity contribution in [3.8, 4) is 0 Å². The fourth-order valence-electron chi connectivity index (χ4n) is 2.91. The van der Waals surface area contributed by atoms with Crippen LogP contribution >= 0.6 is 0 Å². The third-order valence-corrected chi connectivity index (χ3v) is 4.17. The molecule has 0 saturated heterocycles. The molecule has 0 saturated carbocycles. The van der Waals surface area contributed by atoms with Crippen LogP contribution in [-0.2, 0) is 25.4 Å². The number of ether oxygens (including phenoxy) is 3. The molecular weight excluding hydrogens is 320 g/mol. The zero-order valence-corrected chi connectivity index (χ0v) is 15.2. The molecule has 0 radical (unpaired) electrons. The summed E-state index contributed by atoms with van der Waals surface area (Å²) < 4.78 is 15.9. The Morgan fingerprint density at radius 2 is 1.92 bits per heavy atom. The zero-order chi connectivity index (χ0) is 18.1. The predicted molar refractivity (Wildman–Crippen MR) is 97.1 cm³/mol. The lowest BCUT2D eigenvalue weighted by atomic mass is 9.90. The molecular formula is C19H26N2O4. The molecule has 0 aromatic heterocycles. The molecule has 0 spiro atoms. The molecule has 0 fully saturated rings. The summed E-state index contributed by atoms with van der Waals surface area (Å²) in [5, 5.41) is 0. The highest BCUT2D eigenvalue weighted by molar-refractivity contribution is 6.11. The molecule has 1 aliphatic rings. The molecule has 1 unspecified atom stereocenters. The summed E-state index contributed by atoms with van der Waals surface area (Å²) >= 11 is 0. The van der Waals surface area contributed by atoms with Gasteiger partial charge in [0.25, 0.3) is 0 Å². The Morgan fingerprint density at radius 1 is 1.16 bits per heavy atom. The van der Waals surface area contributed by atoms with Crippen LogP contribution in [-0.4, -0.2) is 50.7 Å². The highest BCUT2D eigenvalue weighted by Crippen LogP contribution is 2.28. The number of esters is 1. The second-order valence-corrected chi connectivity index (χ2v) is 5.81. The average molecular weight is 346 g/mol. The first-order valence-corrected chi connectivity index (χ1v) is 8.59. The van der Waals surface area contributed by atoms with Crippen LogP contribution in [0.25, 0.3) is 0 Å². The number of carbonyl (C=O) groups excluding carboxylic acids is 1. The van der Waals surface area contributed by atoms with Crippen molar-refractivity contribution < 1.29 is 19.0 Å². The lowest BCUT2D eigenvalue weighted by Crippen LogP contribution is -2.50. The van der Waals surface area contributed by atoms with Crippen molar-refractivity contribution in [1.82, 2.24) is 0 Å². The molecule has 1 aromatic carbocycles. The number of nitrogens with zero attached hydrogens (tertiary/aromatic N) is 2. The molecule has 0 N–H and O–H groups in total.